The predicted octanol–water partition coefficient (Wildman–Crippen LogP) is 5.89. The minimum Gasteiger partial charge on any atom is -0.478 e. The maximum absolute atomic E-state index is 5.49. The average Bonchev–Trinajstić information content (AvgIpc) is 2.45. The highest BCUT2D eigenvalue weighted by molar-refractivity contribution is 5.18. The first-order valence-corrected chi connectivity index (χ1v) is 7.74. The highest BCUT2D eigenvalue weighted by Crippen LogP contribution is 2.09. The third-order valence-electron chi connectivity index (χ3n) is 1.84. The van der Waals surface area contributed by atoms with Crippen LogP contribution < -0.4 is 4.74 Å². The summed E-state index contributed by atoms with van der Waals surface area (Å²) in [7, 11) is 0. The van der Waals surface area contributed by atoms with E-state index in [9.17, 15) is 0 Å². The molecular weight excluding hydrogens is 234 g/mol. The predicted molar refractivity (Wildman–Crippen MR) is 88.0 cm³/mol. The molecule has 0 aliphatic heterocycles. The summed E-state index contributed by atoms with van der Waals surface area (Å²) in [5.74, 6) is 1.42. The van der Waals surface area contributed by atoms with Crippen LogP contribution >= 0.6 is 0 Å². The van der Waals surface area contributed by atoms with Crippen molar-refractivity contribution in [1.29, 1.82) is 0 Å². The highest BCUT2D eigenvalue weighted by atomic mass is 16.5. The SMILES string of the molecule is CC.CC.CC.Cc1ccnc(OCCC(C)C)c1. The number of aryl methyl sites for hydroxylation is 1. The lowest BCUT2D eigenvalue weighted by Gasteiger charge is -2.06. The molecule has 0 aliphatic rings. The lowest BCUT2D eigenvalue weighted by Crippen LogP contribution is -2.02. The van der Waals surface area contributed by atoms with E-state index in [0.717, 1.165) is 18.9 Å². The molecule has 0 aromatic carbocycles. The van der Waals surface area contributed by atoms with Gasteiger partial charge in [0.2, 0.25) is 5.88 Å². The van der Waals surface area contributed by atoms with E-state index in [1.165, 1.54) is 5.56 Å². The third-order valence-corrected chi connectivity index (χ3v) is 1.84. The van der Waals surface area contributed by atoms with Gasteiger partial charge in [0.1, 0.15) is 0 Å². The summed E-state index contributed by atoms with van der Waals surface area (Å²) in [5, 5.41) is 0. The maximum Gasteiger partial charge on any atom is 0.213 e. The molecule has 0 N–H and O–H groups in total. The zero-order valence-corrected chi connectivity index (χ0v) is 14.6. The molecule has 0 bridgehead atoms. The van der Waals surface area contributed by atoms with Gasteiger partial charge < -0.3 is 4.74 Å². The van der Waals surface area contributed by atoms with Gasteiger partial charge in [-0.25, -0.2) is 4.98 Å². The van der Waals surface area contributed by atoms with E-state index in [4.69, 9.17) is 4.74 Å². The van der Waals surface area contributed by atoms with Crippen LogP contribution in [-0.4, -0.2) is 11.6 Å². The number of aromatic nitrogens is 1. The molecule has 1 rings (SSSR count). The van der Waals surface area contributed by atoms with Crippen molar-refractivity contribution in [3.63, 3.8) is 0 Å². The number of pyridine rings is 1. The van der Waals surface area contributed by atoms with Crippen molar-refractivity contribution in [2.75, 3.05) is 6.61 Å². The van der Waals surface area contributed by atoms with Crippen molar-refractivity contribution in [2.24, 2.45) is 5.92 Å². The van der Waals surface area contributed by atoms with Gasteiger partial charge in [-0.1, -0.05) is 55.4 Å². The van der Waals surface area contributed by atoms with Gasteiger partial charge in [-0.2, -0.15) is 0 Å². The van der Waals surface area contributed by atoms with Crippen LogP contribution in [0.25, 0.3) is 0 Å². The second-order valence-electron chi connectivity index (χ2n) is 3.70. The second-order valence-corrected chi connectivity index (χ2v) is 3.70. The van der Waals surface area contributed by atoms with Crippen molar-refractivity contribution in [1.82, 2.24) is 4.98 Å². The van der Waals surface area contributed by atoms with Crippen LogP contribution in [0.1, 0.15) is 67.4 Å². The van der Waals surface area contributed by atoms with E-state index >= 15 is 0 Å². The van der Waals surface area contributed by atoms with Crippen molar-refractivity contribution >= 4 is 0 Å². The standard InChI is InChI=1S/C11H17NO.3C2H6/c1-9(2)5-7-13-11-8-10(3)4-6-12-11;3*1-2/h4,6,8-9H,5,7H2,1-3H3;3*1-2H3. The number of rotatable bonds is 4. The van der Waals surface area contributed by atoms with Gasteiger partial charge in [0.25, 0.3) is 0 Å². The van der Waals surface area contributed by atoms with Crippen molar-refractivity contribution < 1.29 is 4.74 Å². The monoisotopic (exact) mass is 269 g/mol. The Kier molecular flexibility index (Phi) is 23.4. The summed E-state index contributed by atoms with van der Waals surface area (Å²) in [6.07, 6.45) is 2.86. The molecule has 2 heteroatoms. The minimum atomic E-state index is 0.685. The zero-order chi connectivity index (χ0) is 15.7. The summed E-state index contributed by atoms with van der Waals surface area (Å²) in [4.78, 5) is 4.11. The largest absolute Gasteiger partial charge is 0.478 e. The lowest BCUT2D eigenvalue weighted by molar-refractivity contribution is 0.279. The molecule has 19 heavy (non-hydrogen) atoms. The number of hydrogen-bond acceptors (Lipinski definition) is 2. The zero-order valence-electron chi connectivity index (χ0n) is 14.6. The fourth-order valence-corrected chi connectivity index (χ4v) is 0.987. The van der Waals surface area contributed by atoms with Crippen molar-refractivity contribution in [3.05, 3.63) is 23.9 Å². The quantitative estimate of drug-likeness (QED) is 0.679. The van der Waals surface area contributed by atoms with Gasteiger partial charge in [-0.3, -0.25) is 0 Å². The van der Waals surface area contributed by atoms with Crippen LogP contribution in [0.4, 0.5) is 0 Å². The molecule has 1 aromatic rings. The maximum atomic E-state index is 5.49. The molecule has 0 atom stereocenters. The van der Waals surface area contributed by atoms with Gasteiger partial charge >= 0.3 is 0 Å². The van der Waals surface area contributed by atoms with Gasteiger partial charge in [0.05, 0.1) is 6.61 Å². The Balaban J connectivity index is -0.000000375. The molecule has 1 heterocycles. The van der Waals surface area contributed by atoms with E-state index in [0.29, 0.717) is 5.92 Å². The van der Waals surface area contributed by atoms with E-state index in [2.05, 4.69) is 18.8 Å². The molecule has 0 spiro atoms. The molecule has 114 valence electrons. The lowest BCUT2D eigenvalue weighted by atomic mass is 10.1. The first-order valence-electron chi connectivity index (χ1n) is 7.74. The van der Waals surface area contributed by atoms with E-state index < -0.39 is 0 Å². The third kappa shape index (κ3) is 16.9. The number of nitrogens with zero attached hydrogens (tertiary/aromatic N) is 1. The Labute approximate surface area is 121 Å². The van der Waals surface area contributed by atoms with E-state index in [1.807, 2.05) is 60.6 Å². The Morgan fingerprint density at radius 3 is 2.00 bits per heavy atom. The number of ether oxygens (including phenoxy) is 1. The molecule has 0 fully saturated rings. The molecule has 2 nitrogen and oxygen atoms in total. The van der Waals surface area contributed by atoms with Crippen LogP contribution in [0.3, 0.4) is 0 Å². The second kappa shape index (κ2) is 19.3. The Bertz CT molecular complexity index is 259. The smallest absolute Gasteiger partial charge is 0.213 e. The van der Waals surface area contributed by atoms with E-state index in [-0.39, 0.29) is 0 Å². The van der Waals surface area contributed by atoms with Crippen LogP contribution in [0, 0.1) is 12.8 Å². The Hall–Kier alpha value is -1.05. The topological polar surface area (TPSA) is 22.1 Å². The summed E-state index contributed by atoms with van der Waals surface area (Å²) in [6.45, 7) is 19.2. The van der Waals surface area contributed by atoms with Crippen molar-refractivity contribution in [2.45, 2.75) is 68.7 Å². The summed E-state index contributed by atoms with van der Waals surface area (Å²) in [6, 6.07) is 3.93. The summed E-state index contributed by atoms with van der Waals surface area (Å²) in [5.41, 5.74) is 1.19. The Morgan fingerprint density at radius 1 is 1.05 bits per heavy atom. The van der Waals surface area contributed by atoms with Gasteiger partial charge in [-0.15, -0.1) is 0 Å². The molecule has 0 aliphatic carbocycles. The molecule has 0 saturated heterocycles. The van der Waals surface area contributed by atoms with Crippen LogP contribution in [0.2, 0.25) is 0 Å². The Morgan fingerprint density at radius 2 is 1.58 bits per heavy atom. The summed E-state index contributed by atoms with van der Waals surface area (Å²) >= 11 is 0. The molecule has 0 saturated carbocycles. The van der Waals surface area contributed by atoms with Gasteiger partial charge in [0.15, 0.2) is 0 Å². The van der Waals surface area contributed by atoms with Crippen LogP contribution in [0.15, 0.2) is 18.3 Å². The molecular formula is C17H35NO. The molecule has 0 amide bonds. The summed E-state index contributed by atoms with van der Waals surface area (Å²) < 4.78 is 5.49. The molecule has 0 radical (unpaired) electrons. The number of hydrogen-bond donors (Lipinski definition) is 0. The normalized spacial score (nSPS) is 8.11. The fourth-order valence-electron chi connectivity index (χ4n) is 0.987. The first-order chi connectivity index (χ1) is 9.18. The highest BCUT2D eigenvalue weighted by Gasteiger charge is 1.97. The van der Waals surface area contributed by atoms with Gasteiger partial charge in [0, 0.05) is 12.3 Å². The average molecular weight is 269 g/mol. The van der Waals surface area contributed by atoms with E-state index in [1.54, 1.807) is 6.20 Å². The molecule has 1 aromatic heterocycles. The molecule has 0 unspecified atom stereocenters. The fraction of sp³-hybridized carbons (Fsp3) is 0.706. The van der Waals surface area contributed by atoms with Gasteiger partial charge in [-0.05, 0) is 30.9 Å². The minimum absolute atomic E-state index is 0.685. The van der Waals surface area contributed by atoms with Crippen LogP contribution in [0.5, 0.6) is 5.88 Å². The first kappa shape index (κ1) is 23.1. The van der Waals surface area contributed by atoms with Crippen molar-refractivity contribution in [3.8, 4) is 5.88 Å². The van der Waals surface area contributed by atoms with Crippen LogP contribution in [-0.2, 0) is 0 Å².